The number of aliphatic carboxylic acids is 1. The molecular weight excluding hydrogens is 168 g/mol. The highest BCUT2D eigenvalue weighted by Gasteiger charge is 2.34. The summed E-state index contributed by atoms with van der Waals surface area (Å²) in [5.41, 5.74) is 6.76. The summed E-state index contributed by atoms with van der Waals surface area (Å²) in [6.07, 6.45) is 6.95. The fourth-order valence-corrected chi connectivity index (χ4v) is 1.67. The van der Waals surface area contributed by atoms with E-state index in [2.05, 4.69) is 5.32 Å². The second-order valence-corrected chi connectivity index (χ2v) is 3.13. The number of nitrogens with one attached hydrogen (secondary N) is 1. The summed E-state index contributed by atoms with van der Waals surface area (Å²) in [6, 6.07) is -0.0731. The van der Waals surface area contributed by atoms with Gasteiger partial charge in [0, 0.05) is 17.8 Å². The maximum atomic E-state index is 10.8. The molecule has 68 valence electrons. The first-order valence-electron chi connectivity index (χ1n) is 4.03. The number of rotatable bonds is 1. The predicted octanol–water partition coefficient (Wildman–Crippen LogP) is -0.0447. The van der Waals surface area contributed by atoms with E-state index < -0.39 is 5.97 Å². The summed E-state index contributed by atoms with van der Waals surface area (Å²) in [5, 5.41) is 11.8. The smallest absolute Gasteiger partial charge is 0.333 e. The summed E-state index contributed by atoms with van der Waals surface area (Å²) < 4.78 is 0. The molecule has 0 spiro atoms. The molecular formula is C9H10N2O2. The Kier molecular flexibility index (Phi) is 1.62. The lowest BCUT2D eigenvalue weighted by atomic mass is 9.89. The van der Waals surface area contributed by atoms with E-state index in [0.717, 1.165) is 0 Å². The number of nitrogens with two attached hydrogens (primary N) is 1. The molecule has 1 aliphatic heterocycles. The van der Waals surface area contributed by atoms with Crippen LogP contribution in [0.1, 0.15) is 0 Å². The third-order valence-electron chi connectivity index (χ3n) is 2.35. The number of carboxylic acids is 1. The second-order valence-electron chi connectivity index (χ2n) is 3.13. The predicted molar refractivity (Wildman–Crippen MR) is 47.5 cm³/mol. The van der Waals surface area contributed by atoms with Crippen LogP contribution in [0, 0.1) is 5.92 Å². The van der Waals surface area contributed by atoms with Gasteiger partial charge in [-0.2, -0.15) is 0 Å². The van der Waals surface area contributed by atoms with Crippen LogP contribution in [0.4, 0.5) is 0 Å². The molecule has 0 aromatic carbocycles. The van der Waals surface area contributed by atoms with Gasteiger partial charge in [-0.15, -0.1) is 0 Å². The number of carboxylic acid groups (broad SMARTS) is 1. The van der Waals surface area contributed by atoms with Gasteiger partial charge in [0.15, 0.2) is 0 Å². The Bertz CT molecular complexity index is 342. The van der Waals surface area contributed by atoms with Gasteiger partial charge >= 0.3 is 5.97 Å². The normalized spacial score (nSPS) is 30.2. The van der Waals surface area contributed by atoms with Crippen molar-refractivity contribution in [2.45, 2.75) is 6.04 Å². The van der Waals surface area contributed by atoms with Crippen molar-refractivity contribution in [3.05, 3.63) is 35.7 Å². The van der Waals surface area contributed by atoms with Gasteiger partial charge in [0.1, 0.15) is 0 Å². The fourth-order valence-electron chi connectivity index (χ4n) is 1.67. The molecule has 0 saturated carbocycles. The number of hydrogen-bond donors (Lipinski definition) is 3. The molecule has 4 N–H and O–H groups in total. The maximum absolute atomic E-state index is 10.8. The van der Waals surface area contributed by atoms with Crippen LogP contribution in [0.2, 0.25) is 0 Å². The highest BCUT2D eigenvalue weighted by Crippen LogP contribution is 2.28. The molecule has 2 atom stereocenters. The van der Waals surface area contributed by atoms with Crippen LogP contribution in [0.5, 0.6) is 0 Å². The third-order valence-corrected chi connectivity index (χ3v) is 2.35. The Hall–Kier alpha value is -1.71. The van der Waals surface area contributed by atoms with Crippen LogP contribution in [0.25, 0.3) is 0 Å². The van der Waals surface area contributed by atoms with Gasteiger partial charge < -0.3 is 16.2 Å². The standard InChI is InChI=1S/C9H10N2O2/c10-7-3-1-2-5-6(9(12)13)4-11-8(5)7/h1-5,8,11H,10H2,(H,12,13). The molecule has 0 radical (unpaired) electrons. The Balaban J connectivity index is 2.29. The Morgan fingerprint density at radius 3 is 3.08 bits per heavy atom. The molecule has 1 aliphatic carbocycles. The lowest BCUT2D eigenvalue weighted by molar-refractivity contribution is -0.133. The maximum Gasteiger partial charge on any atom is 0.333 e. The zero-order valence-electron chi connectivity index (χ0n) is 6.90. The van der Waals surface area contributed by atoms with Gasteiger partial charge in [-0.25, -0.2) is 4.79 Å². The Morgan fingerprint density at radius 1 is 1.62 bits per heavy atom. The zero-order chi connectivity index (χ0) is 9.42. The minimum atomic E-state index is -0.889. The first-order valence-corrected chi connectivity index (χ1v) is 4.03. The van der Waals surface area contributed by atoms with Crippen LogP contribution < -0.4 is 11.1 Å². The molecule has 2 unspecified atom stereocenters. The van der Waals surface area contributed by atoms with Crippen LogP contribution in [-0.4, -0.2) is 17.1 Å². The van der Waals surface area contributed by atoms with Crippen molar-refractivity contribution >= 4 is 5.97 Å². The van der Waals surface area contributed by atoms with Crippen molar-refractivity contribution in [2.75, 3.05) is 0 Å². The molecule has 0 saturated heterocycles. The van der Waals surface area contributed by atoms with E-state index >= 15 is 0 Å². The summed E-state index contributed by atoms with van der Waals surface area (Å²) in [4.78, 5) is 10.8. The summed E-state index contributed by atoms with van der Waals surface area (Å²) >= 11 is 0. The average molecular weight is 178 g/mol. The van der Waals surface area contributed by atoms with Crippen molar-refractivity contribution in [3.8, 4) is 0 Å². The molecule has 0 aromatic rings. The summed E-state index contributed by atoms with van der Waals surface area (Å²) in [6.45, 7) is 0. The van der Waals surface area contributed by atoms with Crippen molar-refractivity contribution in [1.29, 1.82) is 0 Å². The molecule has 2 rings (SSSR count). The topological polar surface area (TPSA) is 75.4 Å². The van der Waals surface area contributed by atoms with E-state index in [1.807, 2.05) is 6.08 Å². The van der Waals surface area contributed by atoms with Gasteiger partial charge in [-0.05, 0) is 6.08 Å². The van der Waals surface area contributed by atoms with E-state index in [-0.39, 0.29) is 12.0 Å². The summed E-state index contributed by atoms with van der Waals surface area (Å²) in [5.74, 6) is -1.01. The minimum absolute atomic E-state index is 0.0731. The van der Waals surface area contributed by atoms with E-state index in [0.29, 0.717) is 11.3 Å². The van der Waals surface area contributed by atoms with Gasteiger partial charge in [0.25, 0.3) is 0 Å². The molecule has 0 aromatic heterocycles. The Morgan fingerprint density at radius 2 is 2.38 bits per heavy atom. The van der Waals surface area contributed by atoms with Gasteiger partial charge in [0.05, 0.1) is 11.6 Å². The third kappa shape index (κ3) is 1.11. The van der Waals surface area contributed by atoms with Crippen LogP contribution in [0.15, 0.2) is 35.7 Å². The van der Waals surface area contributed by atoms with Gasteiger partial charge in [-0.3, -0.25) is 0 Å². The number of allylic oxidation sites excluding steroid dienone is 2. The van der Waals surface area contributed by atoms with Crippen LogP contribution in [-0.2, 0) is 4.79 Å². The molecule has 0 bridgehead atoms. The van der Waals surface area contributed by atoms with Crippen LogP contribution >= 0.6 is 0 Å². The van der Waals surface area contributed by atoms with Crippen molar-refractivity contribution in [1.82, 2.24) is 5.32 Å². The van der Waals surface area contributed by atoms with Gasteiger partial charge in [-0.1, -0.05) is 12.2 Å². The molecule has 4 nitrogen and oxygen atoms in total. The monoisotopic (exact) mass is 178 g/mol. The Labute approximate surface area is 75.4 Å². The van der Waals surface area contributed by atoms with Crippen molar-refractivity contribution < 1.29 is 9.90 Å². The lowest BCUT2D eigenvalue weighted by Gasteiger charge is -2.21. The fraction of sp³-hybridized carbons (Fsp3) is 0.222. The first-order chi connectivity index (χ1) is 6.20. The van der Waals surface area contributed by atoms with E-state index in [1.165, 1.54) is 6.20 Å². The van der Waals surface area contributed by atoms with E-state index in [9.17, 15) is 4.79 Å². The number of hydrogen-bond acceptors (Lipinski definition) is 3. The molecule has 4 heteroatoms. The minimum Gasteiger partial charge on any atom is -0.478 e. The lowest BCUT2D eigenvalue weighted by Crippen LogP contribution is -2.34. The van der Waals surface area contributed by atoms with Crippen molar-refractivity contribution in [2.24, 2.45) is 11.7 Å². The molecule has 0 amide bonds. The molecule has 1 heterocycles. The average Bonchev–Trinajstić information content (AvgIpc) is 2.48. The summed E-state index contributed by atoms with van der Waals surface area (Å²) in [7, 11) is 0. The first kappa shape index (κ1) is 7.91. The quantitative estimate of drug-likeness (QED) is 0.526. The molecule has 2 aliphatic rings. The SMILES string of the molecule is NC1=CC=CC2C(C(=O)O)=CNC12. The van der Waals surface area contributed by atoms with E-state index in [4.69, 9.17) is 10.8 Å². The second kappa shape index (κ2) is 2.65. The highest BCUT2D eigenvalue weighted by atomic mass is 16.4. The van der Waals surface area contributed by atoms with Gasteiger partial charge in [0.2, 0.25) is 0 Å². The van der Waals surface area contributed by atoms with Crippen molar-refractivity contribution in [3.63, 3.8) is 0 Å². The largest absolute Gasteiger partial charge is 0.478 e. The number of carbonyl (C=O) groups is 1. The van der Waals surface area contributed by atoms with E-state index in [1.54, 1.807) is 12.2 Å². The number of fused-ring (bicyclic) bond motifs is 1. The molecule has 0 fully saturated rings. The van der Waals surface area contributed by atoms with Crippen LogP contribution in [0.3, 0.4) is 0 Å². The molecule has 13 heavy (non-hydrogen) atoms. The highest BCUT2D eigenvalue weighted by molar-refractivity contribution is 5.88. The zero-order valence-corrected chi connectivity index (χ0v) is 6.90.